The van der Waals surface area contributed by atoms with E-state index >= 15 is 0 Å². The third kappa shape index (κ3) is 3.27. The van der Waals surface area contributed by atoms with Gasteiger partial charge in [0.25, 0.3) is 0 Å². The summed E-state index contributed by atoms with van der Waals surface area (Å²) in [5.74, 6) is 0.876. The van der Waals surface area contributed by atoms with Crippen LogP contribution < -0.4 is 0 Å². The first-order valence-corrected chi connectivity index (χ1v) is 8.78. The maximum atomic E-state index is 13.0. The molecule has 0 amide bonds. The third-order valence-electron chi connectivity index (χ3n) is 5.27. The molecule has 1 saturated carbocycles. The molecule has 2 aliphatic carbocycles. The van der Waals surface area contributed by atoms with Crippen molar-refractivity contribution in [3.63, 3.8) is 0 Å². The van der Waals surface area contributed by atoms with Crippen molar-refractivity contribution in [2.24, 2.45) is 17.8 Å². The summed E-state index contributed by atoms with van der Waals surface area (Å²) >= 11 is 0. The summed E-state index contributed by atoms with van der Waals surface area (Å²) < 4.78 is 0. The van der Waals surface area contributed by atoms with Gasteiger partial charge in [0.1, 0.15) is 0 Å². The molecule has 22 heavy (non-hydrogen) atoms. The van der Waals surface area contributed by atoms with Crippen molar-refractivity contribution in [2.75, 3.05) is 0 Å². The van der Waals surface area contributed by atoms with E-state index in [9.17, 15) is 9.90 Å². The second kappa shape index (κ2) is 7.41. The number of aliphatic hydroxyl groups excluding tert-OH is 1. The lowest BCUT2D eigenvalue weighted by atomic mass is 9.64. The van der Waals surface area contributed by atoms with Gasteiger partial charge in [0, 0.05) is 11.5 Å². The predicted molar refractivity (Wildman–Crippen MR) is 91.5 cm³/mol. The molecule has 1 N–H and O–H groups in total. The number of aliphatic hydroxyl groups is 1. The van der Waals surface area contributed by atoms with Crippen LogP contribution in [0.15, 0.2) is 35.5 Å². The van der Waals surface area contributed by atoms with Crippen LogP contribution in [0, 0.1) is 17.8 Å². The van der Waals surface area contributed by atoms with Crippen LogP contribution in [0.1, 0.15) is 59.3 Å². The van der Waals surface area contributed by atoms with Crippen LogP contribution >= 0.6 is 0 Å². The van der Waals surface area contributed by atoms with E-state index in [1.165, 1.54) is 5.57 Å². The number of fused-ring (bicyclic) bond motifs is 1. The number of ketones is 1. The highest BCUT2D eigenvalue weighted by atomic mass is 16.3. The third-order valence-corrected chi connectivity index (χ3v) is 5.27. The quantitative estimate of drug-likeness (QED) is 0.595. The lowest BCUT2D eigenvalue weighted by Gasteiger charge is -2.41. The molecule has 122 valence electrons. The van der Waals surface area contributed by atoms with Crippen molar-refractivity contribution in [1.29, 1.82) is 0 Å². The standard InChI is InChI=1S/C20H30O2/c1-5-8-13(3)12-17-14(4)19-15(10-7-11-18(19)21)16(9-6-2)20(17)22/h6,12-14,18-19,21H,2,5,7-11H2,1,3-4H3/t13?,14-,18+,19+/m1/s1. The van der Waals surface area contributed by atoms with Crippen molar-refractivity contribution in [3.05, 3.63) is 35.5 Å². The minimum atomic E-state index is -0.309. The number of hydrogen-bond donors (Lipinski definition) is 1. The summed E-state index contributed by atoms with van der Waals surface area (Å²) in [7, 11) is 0. The van der Waals surface area contributed by atoms with Gasteiger partial charge in [0.15, 0.2) is 5.78 Å². The average Bonchev–Trinajstić information content (AvgIpc) is 2.48. The highest BCUT2D eigenvalue weighted by Gasteiger charge is 2.41. The number of carbonyl (C=O) groups excluding carboxylic acids is 1. The zero-order valence-electron chi connectivity index (χ0n) is 14.3. The monoisotopic (exact) mass is 302 g/mol. The van der Waals surface area contributed by atoms with Crippen LogP contribution in [-0.2, 0) is 4.79 Å². The van der Waals surface area contributed by atoms with E-state index in [4.69, 9.17) is 0 Å². The summed E-state index contributed by atoms with van der Waals surface area (Å²) in [6.07, 6.45) is 9.33. The Kier molecular flexibility index (Phi) is 5.80. The molecule has 0 bridgehead atoms. The van der Waals surface area contributed by atoms with E-state index in [0.29, 0.717) is 12.3 Å². The molecule has 1 unspecified atom stereocenters. The molecule has 0 spiro atoms. The fourth-order valence-electron chi connectivity index (χ4n) is 4.23. The van der Waals surface area contributed by atoms with Gasteiger partial charge < -0.3 is 5.11 Å². The normalized spacial score (nSPS) is 32.1. The van der Waals surface area contributed by atoms with Crippen molar-refractivity contribution in [3.8, 4) is 0 Å². The highest BCUT2D eigenvalue weighted by Crippen LogP contribution is 2.45. The number of rotatable bonds is 5. The zero-order valence-corrected chi connectivity index (χ0v) is 14.3. The summed E-state index contributed by atoms with van der Waals surface area (Å²) in [6, 6.07) is 0. The first kappa shape index (κ1) is 17.2. The van der Waals surface area contributed by atoms with E-state index in [1.807, 2.05) is 6.08 Å². The Balaban J connectivity index is 2.45. The molecule has 4 atom stereocenters. The fraction of sp³-hybridized carbons (Fsp3) is 0.650. The van der Waals surface area contributed by atoms with Crippen LogP contribution in [0.5, 0.6) is 0 Å². The van der Waals surface area contributed by atoms with Crippen molar-refractivity contribution in [1.82, 2.24) is 0 Å². The maximum absolute atomic E-state index is 13.0. The maximum Gasteiger partial charge on any atom is 0.185 e. The minimum absolute atomic E-state index is 0.126. The summed E-state index contributed by atoms with van der Waals surface area (Å²) in [5, 5.41) is 10.5. The lowest BCUT2D eigenvalue weighted by Crippen LogP contribution is -2.39. The number of allylic oxidation sites excluding steroid dienone is 4. The van der Waals surface area contributed by atoms with Gasteiger partial charge in [-0.15, -0.1) is 6.58 Å². The number of carbonyl (C=O) groups is 1. The minimum Gasteiger partial charge on any atom is -0.392 e. The average molecular weight is 302 g/mol. The molecule has 2 rings (SSSR count). The Bertz CT molecular complexity index is 498. The molecule has 1 fully saturated rings. The molecule has 0 aromatic heterocycles. The molecule has 2 aliphatic rings. The summed E-state index contributed by atoms with van der Waals surface area (Å²) in [5.41, 5.74) is 3.04. The number of Topliss-reactive ketones (excluding diaryl/α,β-unsaturated/α-hetero) is 1. The van der Waals surface area contributed by atoms with Crippen LogP contribution in [0.25, 0.3) is 0 Å². The SMILES string of the molecule is C=CCC1=C2CCC[C@H](O)[C@H]2[C@H](C)C(=CC(C)CCC)C1=O. The molecule has 0 radical (unpaired) electrons. The zero-order chi connectivity index (χ0) is 16.3. The molecule has 2 nitrogen and oxygen atoms in total. The fourth-order valence-corrected chi connectivity index (χ4v) is 4.23. The smallest absolute Gasteiger partial charge is 0.185 e. The van der Waals surface area contributed by atoms with Gasteiger partial charge >= 0.3 is 0 Å². The first-order valence-electron chi connectivity index (χ1n) is 8.78. The Labute approximate surface area is 135 Å². The molecule has 2 heteroatoms. The topological polar surface area (TPSA) is 37.3 Å². The molecule has 0 aliphatic heterocycles. The Morgan fingerprint density at radius 2 is 2.18 bits per heavy atom. The predicted octanol–water partition coefficient (Wildman–Crippen LogP) is 4.60. The van der Waals surface area contributed by atoms with E-state index in [2.05, 4.69) is 33.4 Å². The van der Waals surface area contributed by atoms with Crippen LogP contribution in [0.3, 0.4) is 0 Å². The highest BCUT2D eigenvalue weighted by molar-refractivity contribution is 6.10. The largest absolute Gasteiger partial charge is 0.392 e. The molecule has 0 aromatic carbocycles. The molecular formula is C20H30O2. The van der Waals surface area contributed by atoms with Crippen molar-refractivity contribution in [2.45, 2.75) is 65.4 Å². The van der Waals surface area contributed by atoms with Crippen molar-refractivity contribution < 1.29 is 9.90 Å². The van der Waals surface area contributed by atoms with Gasteiger partial charge in [-0.25, -0.2) is 0 Å². The van der Waals surface area contributed by atoms with E-state index in [-0.39, 0.29) is 23.7 Å². The first-order chi connectivity index (χ1) is 10.5. The molecule has 0 heterocycles. The van der Waals surface area contributed by atoms with Crippen LogP contribution in [-0.4, -0.2) is 17.0 Å². The van der Waals surface area contributed by atoms with Crippen molar-refractivity contribution >= 4 is 5.78 Å². The second-order valence-corrected chi connectivity index (χ2v) is 6.99. The number of hydrogen-bond acceptors (Lipinski definition) is 2. The molecule has 0 aromatic rings. The summed E-state index contributed by atoms with van der Waals surface area (Å²) in [6.45, 7) is 10.3. The van der Waals surface area contributed by atoms with Gasteiger partial charge in [0.2, 0.25) is 0 Å². The molecular weight excluding hydrogens is 272 g/mol. The van der Waals surface area contributed by atoms with E-state index < -0.39 is 0 Å². The Hall–Kier alpha value is -1.15. The van der Waals surface area contributed by atoms with Crippen LogP contribution in [0.2, 0.25) is 0 Å². The van der Waals surface area contributed by atoms with Gasteiger partial charge in [0.05, 0.1) is 6.10 Å². The van der Waals surface area contributed by atoms with E-state index in [1.54, 1.807) is 0 Å². The van der Waals surface area contributed by atoms with Gasteiger partial charge in [-0.3, -0.25) is 4.79 Å². The van der Waals surface area contributed by atoms with Gasteiger partial charge in [-0.2, -0.15) is 0 Å². The lowest BCUT2D eigenvalue weighted by molar-refractivity contribution is -0.114. The van der Waals surface area contributed by atoms with Crippen LogP contribution in [0.4, 0.5) is 0 Å². The Morgan fingerprint density at radius 3 is 2.82 bits per heavy atom. The summed E-state index contributed by atoms with van der Waals surface area (Å²) in [4.78, 5) is 13.0. The van der Waals surface area contributed by atoms with Gasteiger partial charge in [-0.05, 0) is 49.5 Å². The Morgan fingerprint density at radius 1 is 1.45 bits per heavy atom. The molecule has 0 saturated heterocycles. The van der Waals surface area contributed by atoms with E-state index in [0.717, 1.165) is 43.3 Å². The van der Waals surface area contributed by atoms with Gasteiger partial charge in [-0.1, -0.05) is 44.9 Å². The second-order valence-electron chi connectivity index (χ2n) is 6.99.